The van der Waals surface area contributed by atoms with Crippen LogP contribution in [0, 0.1) is 0 Å². The van der Waals surface area contributed by atoms with Crippen molar-refractivity contribution in [2.24, 2.45) is 0 Å². The summed E-state index contributed by atoms with van der Waals surface area (Å²) in [7, 11) is 1.59. The van der Waals surface area contributed by atoms with Gasteiger partial charge in [0, 0.05) is 31.2 Å². The van der Waals surface area contributed by atoms with Gasteiger partial charge in [-0.15, -0.1) is 0 Å². The number of aromatic nitrogens is 1. The standard InChI is InChI=1S/C20H28N4O4/c1-3-28-19(26)21-13-8-11-24(12-13)14-6-9-20(10-7-14)17-15(22-18(20)25)4-5-16(23-17)27-2/h4-5,13-14H,3,6-12H2,1-2H3,(H,21,26)(H,22,25). The zero-order valence-corrected chi connectivity index (χ0v) is 16.5. The van der Waals surface area contributed by atoms with Crippen LogP contribution in [0.15, 0.2) is 12.1 Å². The van der Waals surface area contributed by atoms with E-state index in [1.165, 1.54) is 0 Å². The molecule has 2 aliphatic heterocycles. The average molecular weight is 388 g/mol. The molecule has 4 rings (SSSR count). The van der Waals surface area contributed by atoms with Gasteiger partial charge < -0.3 is 20.1 Å². The van der Waals surface area contributed by atoms with Gasteiger partial charge in [0.1, 0.15) is 0 Å². The maximum atomic E-state index is 12.8. The summed E-state index contributed by atoms with van der Waals surface area (Å²) in [5, 5.41) is 5.94. The van der Waals surface area contributed by atoms with Crippen molar-refractivity contribution in [2.75, 3.05) is 32.1 Å². The average Bonchev–Trinajstić information content (AvgIpc) is 3.26. The van der Waals surface area contributed by atoms with Crippen molar-refractivity contribution in [3.63, 3.8) is 0 Å². The Labute approximate surface area is 165 Å². The third-order valence-corrected chi connectivity index (χ3v) is 6.36. The van der Waals surface area contributed by atoms with Gasteiger partial charge in [0.2, 0.25) is 11.8 Å². The number of ether oxygens (including phenoxy) is 2. The largest absolute Gasteiger partial charge is 0.481 e. The monoisotopic (exact) mass is 388 g/mol. The molecule has 28 heavy (non-hydrogen) atoms. The molecule has 2 fully saturated rings. The number of likely N-dealkylation sites (tertiary alicyclic amines) is 1. The Bertz CT molecular complexity index is 761. The van der Waals surface area contributed by atoms with Gasteiger partial charge >= 0.3 is 6.09 Å². The molecule has 1 unspecified atom stereocenters. The van der Waals surface area contributed by atoms with Gasteiger partial charge in [0.05, 0.1) is 30.5 Å². The van der Waals surface area contributed by atoms with Gasteiger partial charge in [0.25, 0.3) is 0 Å². The highest BCUT2D eigenvalue weighted by atomic mass is 16.5. The highest BCUT2D eigenvalue weighted by Gasteiger charge is 2.51. The Kier molecular flexibility index (Phi) is 5.14. The van der Waals surface area contributed by atoms with Gasteiger partial charge in [-0.2, -0.15) is 0 Å². The maximum Gasteiger partial charge on any atom is 0.407 e. The van der Waals surface area contributed by atoms with E-state index >= 15 is 0 Å². The summed E-state index contributed by atoms with van der Waals surface area (Å²) in [6, 6.07) is 4.23. The summed E-state index contributed by atoms with van der Waals surface area (Å²) in [4.78, 5) is 31.5. The first kappa shape index (κ1) is 19.0. The van der Waals surface area contributed by atoms with Crippen LogP contribution in [-0.4, -0.2) is 60.8 Å². The number of alkyl carbamates (subject to hydrolysis) is 1. The zero-order chi connectivity index (χ0) is 19.7. The van der Waals surface area contributed by atoms with E-state index < -0.39 is 5.41 Å². The molecule has 1 saturated carbocycles. The number of methoxy groups -OCH3 is 1. The lowest BCUT2D eigenvalue weighted by molar-refractivity contribution is -0.122. The maximum absolute atomic E-state index is 12.8. The van der Waals surface area contributed by atoms with E-state index in [4.69, 9.17) is 9.47 Å². The number of anilines is 1. The van der Waals surface area contributed by atoms with Crippen molar-refractivity contribution in [3.8, 4) is 5.88 Å². The van der Waals surface area contributed by atoms with Gasteiger partial charge in [0.15, 0.2) is 0 Å². The lowest BCUT2D eigenvalue weighted by atomic mass is 9.70. The molecule has 0 bridgehead atoms. The summed E-state index contributed by atoms with van der Waals surface area (Å²) in [5.74, 6) is 0.606. The lowest BCUT2D eigenvalue weighted by Crippen LogP contribution is -2.46. The number of fused-ring (bicyclic) bond motifs is 2. The van der Waals surface area contributed by atoms with Gasteiger partial charge in [-0.25, -0.2) is 9.78 Å². The second-order valence-corrected chi connectivity index (χ2v) is 7.86. The summed E-state index contributed by atoms with van der Waals surface area (Å²) >= 11 is 0. The van der Waals surface area contributed by atoms with Gasteiger partial charge in [-0.1, -0.05) is 0 Å². The smallest absolute Gasteiger partial charge is 0.407 e. The van der Waals surface area contributed by atoms with Crippen molar-refractivity contribution in [1.29, 1.82) is 0 Å². The van der Waals surface area contributed by atoms with Crippen molar-refractivity contribution in [2.45, 2.75) is 56.5 Å². The van der Waals surface area contributed by atoms with Gasteiger partial charge in [-0.3, -0.25) is 9.69 Å². The summed E-state index contributed by atoms with van der Waals surface area (Å²) in [5.41, 5.74) is 1.10. The minimum atomic E-state index is -0.539. The normalized spacial score (nSPS) is 29.4. The molecule has 1 saturated heterocycles. The SMILES string of the molecule is CCOC(=O)NC1CCN(C2CCC3(CC2)C(=O)Nc2ccc(OC)nc23)C1. The fraction of sp³-hybridized carbons (Fsp3) is 0.650. The number of nitrogens with one attached hydrogen (secondary N) is 2. The minimum absolute atomic E-state index is 0.0602. The minimum Gasteiger partial charge on any atom is -0.481 e. The van der Waals surface area contributed by atoms with Crippen LogP contribution >= 0.6 is 0 Å². The van der Waals surface area contributed by atoms with Crippen molar-refractivity contribution in [3.05, 3.63) is 17.8 Å². The van der Waals surface area contributed by atoms with Crippen molar-refractivity contribution in [1.82, 2.24) is 15.2 Å². The van der Waals surface area contributed by atoms with Crippen LogP contribution < -0.4 is 15.4 Å². The Morgan fingerprint density at radius 3 is 2.86 bits per heavy atom. The van der Waals surface area contributed by atoms with Crippen LogP contribution in [0.25, 0.3) is 0 Å². The van der Waals surface area contributed by atoms with Crippen molar-refractivity contribution < 1.29 is 19.1 Å². The topological polar surface area (TPSA) is 92.8 Å². The first-order valence-electron chi connectivity index (χ1n) is 10.1. The molecule has 2 N–H and O–H groups in total. The molecule has 1 aliphatic carbocycles. The van der Waals surface area contributed by atoms with E-state index in [0.717, 1.165) is 56.6 Å². The van der Waals surface area contributed by atoms with E-state index in [-0.39, 0.29) is 18.0 Å². The quantitative estimate of drug-likeness (QED) is 0.820. The molecule has 1 atom stereocenters. The summed E-state index contributed by atoms with van der Waals surface area (Å²) in [6.45, 7) is 3.99. The Morgan fingerprint density at radius 2 is 2.14 bits per heavy atom. The molecule has 1 aromatic rings. The molecule has 8 heteroatoms. The fourth-order valence-corrected chi connectivity index (χ4v) is 4.87. The van der Waals surface area contributed by atoms with E-state index in [0.29, 0.717) is 18.5 Å². The number of pyridine rings is 1. The third-order valence-electron chi connectivity index (χ3n) is 6.36. The van der Waals surface area contributed by atoms with Crippen LogP contribution in [-0.2, 0) is 14.9 Å². The molecule has 3 heterocycles. The molecule has 3 aliphatic rings. The van der Waals surface area contributed by atoms with Crippen LogP contribution in [0.4, 0.5) is 10.5 Å². The third kappa shape index (κ3) is 3.30. The number of hydrogen-bond acceptors (Lipinski definition) is 6. The molecular formula is C20H28N4O4. The predicted molar refractivity (Wildman–Crippen MR) is 103 cm³/mol. The number of nitrogens with zero attached hydrogens (tertiary/aromatic N) is 2. The Morgan fingerprint density at radius 1 is 1.36 bits per heavy atom. The Balaban J connectivity index is 1.39. The zero-order valence-electron chi connectivity index (χ0n) is 16.5. The number of carbonyl (C=O) groups is 2. The first-order valence-corrected chi connectivity index (χ1v) is 10.1. The molecule has 1 aromatic heterocycles. The number of amides is 2. The van der Waals surface area contributed by atoms with E-state index in [1.807, 2.05) is 6.07 Å². The highest BCUT2D eigenvalue weighted by Crippen LogP contribution is 2.48. The van der Waals surface area contributed by atoms with Crippen LogP contribution in [0.1, 0.15) is 44.7 Å². The molecule has 2 amide bonds. The number of rotatable bonds is 4. The molecule has 0 aromatic carbocycles. The van der Waals surface area contributed by atoms with Crippen molar-refractivity contribution >= 4 is 17.7 Å². The Hall–Kier alpha value is -2.35. The van der Waals surface area contributed by atoms with E-state index in [2.05, 4.69) is 20.5 Å². The number of hydrogen-bond donors (Lipinski definition) is 2. The van der Waals surface area contributed by atoms with Crippen LogP contribution in [0.5, 0.6) is 5.88 Å². The molecule has 1 spiro atoms. The number of carbonyl (C=O) groups excluding carboxylic acids is 2. The highest BCUT2D eigenvalue weighted by molar-refractivity contribution is 6.05. The van der Waals surface area contributed by atoms with Crippen LogP contribution in [0.2, 0.25) is 0 Å². The molecular weight excluding hydrogens is 360 g/mol. The predicted octanol–water partition coefficient (Wildman–Crippen LogP) is 2.04. The molecule has 0 radical (unpaired) electrons. The van der Waals surface area contributed by atoms with E-state index in [9.17, 15) is 9.59 Å². The van der Waals surface area contributed by atoms with Gasteiger partial charge in [-0.05, 0) is 45.1 Å². The molecule has 8 nitrogen and oxygen atoms in total. The second kappa shape index (κ2) is 7.58. The van der Waals surface area contributed by atoms with Crippen LogP contribution in [0.3, 0.4) is 0 Å². The summed E-state index contributed by atoms with van der Waals surface area (Å²) < 4.78 is 10.3. The molecule has 152 valence electrons. The summed E-state index contributed by atoms with van der Waals surface area (Å²) in [6.07, 6.45) is 4.04. The second-order valence-electron chi connectivity index (χ2n) is 7.86. The lowest BCUT2D eigenvalue weighted by Gasteiger charge is -2.39. The van der Waals surface area contributed by atoms with E-state index in [1.54, 1.807) is 20.1 Å². The fourth-order valence-electron chi connectivity index (χ4n) is 4.87. The first-order chi connectivity index (χ1) is 13.6.